The van der Waals surface area contributed by atoms with Gasteiger partial charge >= 0.3 is 0 Å². The third-order valence-electron chi connectivity index (χ3n) is 2.44. The van der Waals surface area contributed by atoms with Crippen molar-refractivity contribution in [3.63, 3.8) is 0 Å². The molecule has 0 saturated carbocycles. The van der Waals surface area contributed by atoms with Crippen molar-refractivity contribution in [1.29, 1.82) is 0 Å². The Hall–Kier alpha value is -0.780. The third-order valence-corrected chi connectivity index (χ3v) is 3.06. The molecule has 102 valence electrons. The molecule has 4 nitrogen and oxygen atoms in total. The first-order valence-electron chi connectivity index (χ1n) is 5.90. The summed E-state index contributed by atoms with van der Waals surface area (Å²) in [6, 6.07) is 3.80. The predicted octanol–water partition coefficient (Wildman–Crippen LogP) is 2.77. The van der Waals surface area contributed by atoms with Gasteiger partial charge in [0.25, 0.3) is 0 Å². The van der Waals surface area contributed by atoms with Gasteiger partial charge in [0.15, 0.2) is 0 Å². The molecule has 1 aromatic rings. The number of nitrogen functional groups attached to an aromatic ring is 1. The Balaban J connectivity index is 2.25. The van der Waals surface area contributed by atoms with Gasteiger partial charge in [-0.3, -0.25) is 0 Å². The number of ether oxygens (including phenoxy) is 3. The summed E-state index contributed by atoms with van der Waals surface area (Å²) in [5, 5.41) is 0. The van der Waals surface area contributed by atoms with E-state index in [1.165, 1.54) is 0 Å². The van der Waals surface area contributed by atoms with Gasteiger partial charge < -0.3 is 19.9 Å². The summed E-state index contributed by atoms with van der Waals surface area (Å²) >= 11 is 3.43. The minimum absolute atomic E-state index is 0.620. The molecular weight excluding hydrogens is 298 g/mol. The molecule has 1 rings (SSSR count). The van der Waals surface area contributed by atoms with E-state index in [0.29, 0.717) is 26.4 Å². The average molecular weight is 318 g/mol. The van der Waals surface area contributed by atoms with E-state index in [-0.39, 0.29) is 0 Å². The van der Waals surface area contributed by atoms with Crippen LogP contribution in [0.3, 0.4) is 0 Å². The molecule has 5 heteroatoms. The molecule has 0 aliphatic heterocycles. The van der Waals surface area contributed by atoms with Crippen molar-refractivity contribution >= 4 is 21.6 Å². The Morgan fingerprint density at radius 1 is 1.17 bits per heavy atom. The van der Waals surface area contributed by atoms with E-state index in [9.17, 15) is 0 Å². The second-order valence-electron chi connectivity index (χ2n) is 3.95. The lowest BCUT2D eigenvalue weighted by atomic mass is 10.2. The van der Waals surface area contributed by atoms with Gasteiger partial charge in [0, 0.05) is 25.8 Å². The molecule has 0 aromatic heterocycles. The number of benzene rings is 1. The normalized spacial score (nSPS) is 10.6. The van der Waals surface area contributed by atoms with Gasteiger partial charge in [-0.25, -0.2) is 0 Å². The van der Waals surface area contributed by atoms with E-state index >= 15 is 0 Å². The number of methoxy groups -OCH3 is 1. The van der Waals surface area contributed by atoms with Crippen LogP contribution in [0.15, 0.2) is 16.6 Å². The third kappa shape index (κ3) is 5.25. The zero-order chi connectivity index (χ0) is 13.4. The minimum atomic E-state index is 0.620. The van der Waals surface area contributed by atoms with Crippen LogP contribution in [0, 0.1) is 6.92 Å². The minimum Gasteiger partial charge on any atom is -0.492 e. The first kappa shape index (κ1) is 15.3. The average Bonchev–Trinajstić information content (AvgIpc) is 2.34. The molecule has 1 aromatic carbocycles. The van der Waals surface area contributed by atoms with Crippen molar-refractivity contribution in [3.8, 4) is 5.75 Å². The van der Waals surface area contributed by atoms with Gasteiger partial charge in [0.1, 0.15) is 5.75 Å². The SMILES string of the molecule is COCCOCCCOc1cc(C)c(N)cc1Br. The summed E-state index contributed by atoms with van der Waals surface area (Å²) in [5.74, 6) is 0.818. The maximum absolute atomic E-state index is 5.80. The molecule has 18 heavy (non-hydrogen) atoms. The summed E-state index contributed by atoms with van der Waals surface area (Å²) in [6.07, 6.45) is 0.847. The molecule has 0 aliphatic rings. The molecule has 2 N–H and O–H groups in total. The molecule has 0 fully saturated rings. The van der Waals surface area contributed by atoms with Crippen LogP contribution in [-0.2, 0) is 9.47 Å². The molecule has 0 bridgehead atoms. The van der Waals surface area contributed by atoms with E-state index < -0.39 is 0 Å². The Morgan fingerprint density at radius 2 is 1.94 bits per heavy atom. The number of hydrogen-bond acceptors (Lipinski definition) is 4. The van der Waals surface area contributed by atoms with Crippen LogP contribution in [0.5, 0.6) is 5.75 Å². The van der Waals surface area contributed by atoms with E-state index in [2.05, 4.69) is 15.9 Å². The van der Waals surface area contributed by atoms with Crippen LogP contribution in [0.1, 0.15) is 12.0 Å². The maximum Gasteiger partial charge on any atom is 0.133 e. The lowest BCUT2D eigenvalue weighted by Gasteiger charge is -2.10. The van der Waals surface area contributed by atoms with Crippen LogP contribution >= 0.6 is 15.9 Å². The quantitative estimate of drug-likeness (QED) is 0.591. The zero-order valence-electron chi connectivity index (χ0n) is 10.9. The largest absolute Gasteiger partial charge is 0.492 e. The molecule has 0 atom stereocenters. The highest BCUT2D eigenvalue weighted by Gasteiger charge is 2.04. The lowest BCUT2D eigenvalue weighted by Crippen LogP contribution is -2.07. The van der Waals surface area contributed by atoms with Gasteiger partial charge in [-0.2, -0.15) is 0 Å². The van der Waals surface area contributed by atoms with Gasteiger partial charge in [-0.1, -0.05) is 0 Å². The lowest BCUT2D eigenvalue weighted by molar-refractivity contribution is 0.0644. The van der Waals surface area contributed by atoms with Crippen molar-refractivity contribution in [3.05, 3.63) is 22.2 Å². The highest BCUT2D eigenvalue weighted by atomic mass is 79.9. The molecule has 0 unspecified atom stereocenters. The van der Waals surface area contributed by atoms with Crippen LogP contribution in [0.4, 0.5) is 5.69 Å². The molecule has 0 radical (unpaired) electrons. The molecule has 0 heterocycles. The van der Waals surface area contributed by atoms with Crippen molar-refractivity contribution in [2.45, 2.75) is 13.3 Å². The van der Waals surface area contributed by atoms with Crippen molar-refractivity contribution in [1.82, 2.24) is 0 Å². The summed E-state index contributed by atoms with van der Waals surface area (Å²) in [4.78, 5) is 0. The number of rotatable bonds is 8. The molecule has 0 amide bonds. The Kier molecular flexibility index (Phi) is 7.08. The van der Waals surface area contributed by atoms with E-state index in [0.717, 1.165) is 27.9 Å². The van der Waals surface area contributed by atoms with Crippen LogP contribution in [-0.4, -0.2) is 33.5 Å². The number of aryl methyl sites for hydroxylation is 1. The number of anilines is 1. The molecular formula is C13H20BrNO3. The smallest absolute Gasteiger partial charge is 0.133 e. The van der Waals surface area contributed by atoms with Crippen molar-refractivity contribution < 1.29 is 14.2 Å². The Labute approximate surface area is 117 Å². The van der Waals surface area contributed by atoms with Crippen LogP contribution < -0.4 is 10.5 Å². The summed E-state index contributed by atoms with van der Waals surface area (Å²) in [7, 11) is 1.66. The fourth-order valence-corrected chi connectivity index (χ4v) is 1.84. The van der Waals surface area contributed by atoms with E-state index in [4.69, 9.17) is 19.9 Å². The Bertz CT molecular complexity index is 371. The van der Waals surface area contributed by atoms with Gasteiger partial charge in [0.2, 0.25) is 0 Å². The summed E-state index contributed by atoms with van der Waals surface area (Å²) in [6.45, 7) is 4.51. The second kappa shape index (κ2) is 8.34. The fourth-order valence-electron chi connectivity index (χ4n) is 1.37. The molecule has 0 saturated heterocycles. The van der Waals surface area contributed by atoms with E-state index in [1.54, 1.807) is 7.11 Å². The highest BCUT2D eigenvalue weighted by Crippen LogP contribution is 2.29. The van der Waals surface area contributed by atoms with Gasteiger partial charge in [0.05, 0.1) is 24.3 Å². The number of hydrogen-bond donors (Lipinski definition) is 1. The molecule has 0 spiro atoms. The number of halogens is 1. The summed E-state index contributed by atoms with van der Waals surface area (Å²) < 4.78 is 16.8. The molecule has 0 aliphatic carbocycles. The highest BCUT2D eigenvalue weighted by molar-refractivity contribution is 9.10. The standard InChI is InChI=1S/C13H20BrNO3/c1-10-8-13(11(14)9-12(10)15)18-5-3-4-17-7-6-16-2/h8-9H,3-7,15H2,1-2H3. The first-order valence-corrected chi connectivity index (χ1v) is 6.69. The predicted molar refractivity (Wildman–Crippen MR) is 76.1 cm³/mol. The van der Waals surface area contributed by atoms with Gasteiger partial charge in [-0.05, 0) is 40.5 Å². The van der Waals surface area contributed by atoms with E-state index in [1.807, 2.05) is 19.1 Å². The maximum atomic E-state index is 5.80. The number of nitrogens with two attached hydrogens (primary N) is 1. The fraction of sp³-hybridized carbons (Fsp3) is 0.538. The monoisotopic (exact) mass is 317 g/mol. The van der Waals surface area contributed by atoms with Crippen LogP contribution in [0.2, 0.25) is 0 Å². The Morgan fingerprint density at radius 3 is 2.67 bits per heavy atom. The second-order valence-corrected chi connectivity index (χ2v) is 4.80. The van der Waals surface area contributed by atoms with Gasteiger partial charge in [-0.15, -0.1) is 0 Å². The van der Waals surface area contributed by atoms with Crippen molar-refractivity contribution in [2.75, 3.05) is 39.3 Å². The van der Waals surface area contributed by atoms with Crippen molar-refractivity contribution in [2.24, 2.45) is 0 Å². The topological polar surface area (TPSA) is 53.7 Å². The summed E-state index contributed by atoms with van der Waals surface area (Å²) in [5.41, 5.74) is 7.57. The van der Waals surface area contributed by atoms with Crippen LogP contribution in [0.25, 0.3) is 0 Å². The first-order chi connectivity index (χ1) is 8.65. The zero-order valence-corrected chi connectivity index (χ0v) is 12.5.